The van der Waals surface area contributed by atoms with E-state index in [1.807, 2.05) is 72.0 Å². The van der Waals surface area contributed by atoms with E-state index in [4.69, 9.17) is 24.4 Å². The van der Waals surface area contributed by atoms with Gasteiger partial charge in [0.15, 0.2) is 17.2 Å². The average molecular weight is 811 g/mol. The molecule has 0 aliphatic heterocycles. The SMILES string of the molecule is c1ccc(-c2cccc(-c3cc(-c4cccc5sc6ccc(-c7ccc(-c8nc(-c9ccccc9)c9oc%10ccccc%10c9n8)cc7)cc6c45)nc(-c4ccccc4)n3)c2)cc1. The van der Waals surface area contributed by atoms with Crippen LogP contribution in [0.25, 0.3) is 121 Å². The highest BCUT2D eigenvalue weighted by atomic mass is 32.1. The van der Waals surface area contributed by atoms with Crippen molar-refractivity contribution in [3.8, 4) is 78.8 Å². The zero-order valence-electron chi connectivity index (χ0n) is 33.2. The number of rotatable bonds is 7. The number of hydrogen-bond donors (Lipinski definition) is 0. The third kappa shape index (κ3) is 6.33. The number of thiophene rings is 1. The van der Waals surface area contributed by atoms with Gasteiger partial charge in [-0.1, -0.05) is 164 Å². The van der Waals surface area contributed by atoms with Crippen molar-refractivity contribution in [2.45, 2.75) is 0 Å². The van der Waals surface area contributed by atoms with Gasteiger partial charge in [-0.25, -0.2) is 19.9 Å². The summed E-state index contributed by atoms with van der Waals surface area (Å²) in [4.78, 5) is 20.6. The van der Waals surface area contributed by atoms with Crippen LogP contribution in [-0.2, 0) is 0 Å². The molecular weight excluding hydrogens is 777 g/mol. The molecule has 0 amide bonds. The summed E-state index contributed by atoms with van der Waals surface area (Å²) in [5.74, 6) is 1.35. The Morgan fingerprint density at radius 3 is 1.74 bits per heavy atom. The number of aromatic nitrogens is 4. The molecule has 12 rings (SSSR count). The monoisotopic (exact) mass is 810 g/mol. The van der Waals surface area contributed by atoms with Gasteiger partial charge in [-0.3, -0.25) is 0 Å². The summed E-state index contributed by atoms with van der Waals surface area (Å²) < 4.78 is 8.78. The first-order chi connectivity index (χ1) is 30.7. The molecule has 0 atom stereocenters. The topological polar surface area (TPSA) is 64.7 Å². The van der Waals surface area contributed by atoms with E-state index in [1.54, 1.807) is 0 Å². The van der Waals surface area contributed by atoms with Gasteiger partial charge in [0.25, 0.3) is 0 Å². The van der Waals surface area contributed by atoms with Gasteiger partial charge < -0.3 is 4.42 Å². The quantitative estimate of drug-likeness (QED) is 0.160. The number of fused-ring (bicyclic) bond motifs is 6. The fourth-order valence-corrected chi connectivity index (χ4v) is 9.59. The minimum absolute atomic E-state index is 0.657. The Morgan fingerprint density at radius 1 is 0.355 bits per heavy atom. The van der Waals surface area contributed by atoms with Crippen LogP contribution in [0.15, 0.2) is 211 Å². The molecule has 0 unspecified atom stereocenters. The van der Waals surface area contributed by atoms with Crippen molar-refractivity contribution in [3.63, 3.8) is 0 Å². The summed E-state index contributed by atoms with van der Waals surface area (Å²) in [6, 6.07) is 71.7. The molecule has 290 valence electrons. The van der Waals surface area contributed by atoms with Crippen LogP contribution >= 0.6 is 11.3 Å². The standard InChI is InChI=1S/C56H34N4OS/c1-4-14-35(15-5-1)40-20-12-21-42(32-40)46-34-47(58-55(57-46)38-18-8-3-9-19-38)43-23-13-25-50-51(43)45-33-41(30-31-49(45)62-50)36-26-28-39(29-27-36)56-59-52(37-16-6-2-7-17-37)54-53(60-56)44-22-10-11-24-48(44)61-54/h1-34H. The van der Waals surface area contributed by atoms with Crippen LogP contribution in [0.5, 0.6) is 0 Å². The van der Waals surface area contributed by atoms with E-state index in [0.717, 1.165) is 78.1 Å². The van der Waals surface area contributed by atoms with Crippen molar-refractivity contribution >= 4 is 53.6 Å². The normalized spacial score (nSPS) is 11.5. The molecule has 0 fully saturated rings. The molecule has 0 aliphatic carbocycles. The highest BCUT2D eigenvalue weighted by Gasteiger charge is 2.19. The van der Waals surface area contributed by atoms with Crippen molar-refractivity contribution in [2.75, 3.05) is 0 Å². The van der Waals surface area contributed by atoms with Crippen LogP contribution < -0.4 is 0 Å². The van der Waals surface area contributed by atoms with Gasteiger partial charge in [0.1, 0.15) is 16.8 Å². The summed E-state index contributed by atoms with van der Waals surface area (Å²) in [7, 11) is 0. The molecule has 0 saturated heterocycles. The molecule has 0 spiro atoms. The van der Waals surface area contributed by atoms with Crippen LogP contribution in [0, 0.1) is 0 Å². The summed E-state index contributed by atoms with van der Waals surface area (Å²) in [5, 5.41) is 3.36. The smallest absolute Gasteiger partial charge is 0.180 e. The van der Waals surface area contributed by atoms with E-state index in [2.05, 4.69) is 146 Å². The molecule has 0 N–H and O–H groups in total. The van der Waals surface area contributed by atoms with Crippen LogP contribution in [-0.4, -0.2) is 19.9 Å². The molecule has 4 heterocycles. The summed E-state index contributed by atoms with van der Waals surface area (Å²) in [6.07, 6.45) is 0. The van der Waals surface area contributed by atoms with Gasteiger partial charge >= 0.3 is 0 Å². The van der Waals surface area contributed by atoms with Gasteiger partial charge in [-0.05, 0) is 64.7 Å². The van der Waals surface area contributed by atoms with Crippen LogP contribution in [0.4, 0.5) is 0 Å². The number of nitrogens with zero attached hydrogens (tertiary/aromatic N) is 4. The molecule has 0 bridgehead atoms. The second kappa shape index (κ2) is 14.9. The molecule has 0 saturated carbocycles. The maximum Gasteiger partial charge on any atom is 0.180 e. The van der Waals surface area contributed by atoms with Gasteiger partial charge in [-0.2, -0.15) is 0 Å². The first-order valence-corrected chi connectivity index (χ1v) is 21.4. The first-order valence-electron chi connectivity index (χ1n) is 20.6. The zero-order valence-corrected chi connectivity index (χ0v) is 34.1. The van der Waals surface area contributed by atoms with Crippen LogP contribution in [0.1, 0.15) is 0 Å². The third-order valence-corrected chi connectivity index (χ3v) is 12.7. The predicted octanol–water partition coefficient (Wildman–Crippen LogP) is 15.2. The van der Waals surface area contributed by atoms with Crippen molar-refractivity contribution in [1.82, 2.24) is 19.9 Å². The Balaban J connectivity index is 0.961. The van der Waals surface area contributed by atoms with Crippen molar-refractivity contribution < 1.29 is 4.42 Å². The Morgan fingerprint density at radius 2 is 0.935 bits per heavy atom. The van der Waals surface area contributed by atoms with Gasteiger partial charge in [-0.15, -0.1) is 11.3 Å². The van der Waals surface area contributed by atoms with Gasteiger partial charge in [0.2, 0.25) is 0 Å². The lowest BCUT2D eigenvalue weighted by Crippen LogP contribution is -1.96. The largest absolute Gasteiger partial charge is 0.452 e. The average Bonchev–Trinajstić information content (AvgIpc) is 3.93. The molecule has 0 radical (unpaired) electrons. The summed E-state index contributed by atoms with van der Waals surface area (Å²) >= 11 is 1.81. The molecule has 0 aliphatic rings. The fraction of sp³-hybridized carbons (Fsp3) is 0. The van der Waals surface area contributed by atoms with Crippen LogP contribution in [0.3, 0.4) is 0 Å². The van der Waals surface area contributed by atoms with E-state index in [0.29, 0.717) is 17.2 Å². The Labute approximate surface area is 361 Å². The summed E-state index contributed by atoms with van der Waals surface area (Å²) in [6.45, 7) is 0. The van der Waals surface area contributed by atoms with Gasteiger partial charge in [0, 0.05) is 53.4 Å². The lowest BCUT2D eigenvalue weighted by atomic mass is 9.97. The number of furan rings is 1. The molecular formula is C56H34N4OS. The summed E-state index contributed by atoms with van der Waals surface area (Å²) in [5.41, 5.74) is 14.4. The maximum atomic E-state index is 6.34. The highest BCUT2D eigenvalue weighted by molar-refractivity contribution is 7.26. The minimum Gasteiger partial charge on any atom is -0.452 e. The van der Waals surface area contributed by atoms with Crippen molar-refractivity contribution in [2.24, 2.45) is 0 Å². The van der Waals surface area contributed by atoms with Gasteiger partial charge in [0.05, 0.1) is 11.4 Å². The van der Waals surface area contributed by atoms with E-state index in [9.17, 15) is 0 Å². The Kier molecular flexibility index (Phi) is 8.61. The first kappa shape index (κ1) is 35.8. The highest BCUT2D eigenvalue weighted by Crippen LogP contribution is 2.43. The van der Waals surface area contributed by atoms with E-state index in [1.165, 1.54) is 25.7 Å². The molecule has 12 aromatic rings. The Hall–Kier alpha value is -8.06. The van der Waals surface area contributed by atoms with E-state index < -0.39 is 0 Å². The number of para-hydroxylation sites is 1. The van der Waals surface area contributed by atoms with Crippen molar-refractivity contribution in [3.05, 3.63) is 206 Å². The minimum atomic E-state index is 0.657. The molecule has 5 nitrogen and oxygen atoms in total. The van der Waals surface area contributed by atoms with Crippen LogP contribution in [0.2, 0.25) is 0 Å². The molecule has 6 heteroatoms. The lowest BCUT2D eigenvalue weighted by Gasteiger charge is -2.12. The maximum absolute atomic E-state index is 6.34. The predicted molar refractivity (Wildman–Crippen MR) is 256 cm³/mol. The lowest BCUT2D eigenvalue weighted by molar-refractivity contribution is 0.667. The van der Waals surface area contributed by atoms with E-state index in [-0.39, 0.29) is 0 Å². The van der Waals surface area contributed by atoms with E-state index >= 15 is 0 Å². The number of benzene rings is 8. The second-order valence-electron chi connectivity index (χ2n) is 15.4. The third-order valence-electron chi connectivity index (χ3n) is 11.5. The zero-order chi connectivity index (χ0) is 41.0. The molecule has 62 heavy (non-hydrogen) atoms. The fourth-order valence-electron chi connectivity index (χ4n) is 8.48. The number of hydrogen-bond acceptors (Lipinski definition) is 6. The van der Waals surface area contributed by atoms with Crippen molar-refractivity contribution in [1.29, 1.82) is 0 Å². The second-order valence-corrected chi connectivity index (χ2v) is 16.5. The molecule has 4 aromatic heterocycles. The molecule has 8 aromatic carbocycles. The Bertz CT molecular complexity index is 3620.